The molecule has 1 aliphatic rings. The molecule has 6 heteroatoms. The van der Waals surface area contributed by atoms with E-state index in [0.29, 0.717) is 17.1 Å². The monoisotopic (exact) mass is 414 g/mol. The molecule has 0 radical (unpaired) electrons. The molecular formula is C23H27ClN2O3. The summed E-state index contributed by atoms with van der Waals surface area (Å²) in [5.41, 5.74) is 1.67. The van der Waals surface area contributed by atoms with Crippen LogP contribution in [0.1, 0.15) is 54.1 Å². The number of benzene rings is 2. The molecule has 0 aliphatic carbocycles. The molecule has 3 rings (SSSR count). The largest absolute Gasteiger partial charge is 0.497 e. The highest BCUT2D eigenvalue weighted by Gasteiger charge is 2.26. The lowest BCUT2D eigenvalue weighted by Gasteiger charge is -2.31. The van der Waals surface area contributed by atoms with E-state index in [-0.39, 0.29) is 24.3 Å². The Hall–Kier alpha value is -2.53. The molecular weight excluding hydrogens is 388 g/mol. The van der Waals surface area contributed by atoms with E-state index >= 15 is 0 Å². The van der Waals surface area contributed by atoms with Gasteiger partial charge in [-0.3, -0.25) is 9.59 Å². The molecule has 1 heterocycles. The maximum Gasteiger partial charge on any atom is 0.251 e. The molecule has 0 unspecified atom stereocenters. The summed E-state index contributed by atoms with van der Waals surface area (Å²) in [6.07, 6.45) is 4.48. The molecule has 1 atom stereocenters. The smallest absolute Gasteiger partial charge is 0.251 e. The van der Waals surface area contributed by atoms with Crippen LogP contribution in [0.3, 0.4) is 0 Å². The first-order valence-electron chi connectivity index (χ1n) is 10.1. The van der Waals surface area contributed by atoms with Gasteiger partial charge >= 0.3 is 0 Å². The van der Waals surface area contributed by atoms with Gasteiger partial charge in [0.25, 0.3) is 5.91 Å². The van der Waals surface area contributed by atoms with Gasteiger partial charge in [-0.25, -0.2) is 0 Å². The Labute approximate surface area is 177 Å². The van der Waals surface area contributed by atoms with Crippen LogP contribution in [0.25, 0.3) is 0 Å². The number of nitrogens with zero attached hydrogens (tertiary/aromatic N) is 1. The van der Waals surface area contributed by atoms with Gasteiger partial charge in [0, 0.05) is 30.1 Å². The van der Waals surface area contributed by atoms with E-state index in [9.17, 15) is 9.59 Å². The van der Waals surface area contributed by atoms with Crippen LogP contribution in [0.2, 0.25) is 5.02 Å². The molecule has 5 nitrogen and oxygen atoms in total. The van der Waals surface area contributed by atoms with Crippen LogP contribution in [0.4, 0.5) is 0 Å². The molecule has 29 heavy (non-hydrogen) atoms. The Morgan fingerprint density at radius 3 is 2.48 bits per heavy atom. The van der Waals surface area contributed by atoms with E-state index in [1.165, 1.54) is 0 Å². The van der Waals surface area contributed by atoms with Crippen molar-refractivity contribution in [1.82, 2.24) is 10.2 Å². The van der Waals surface area contributed by atoms with Gasteiger partial charge in [-0.2, -0.15) is 0 Å². The Kier molecular flexibility index (Phi) is 7.53. The Morgan fingerprint density at radius 1 is 1.07 bits per heavy atom. The van der Waals surface area contributed by atoms with Gasteiger partial charge in [0.15, 0.2) is 0 Å². The first-order chi connectivity index (χ1) is 14.1. The second-order valence-corrected chi connectivity index (χ2v) is 7.67. The van der Waals surface area contributed by atoms with Crippen molar-refractivity contribution in [2.24, 2.45) is 0 Å². The molecule has 0 saturated carbocycles. The summed E-state index contributed by atoms with van der Waals surface area (Å²) in [5, 5.41) is 3.41. The molecule has 154 valence electrons. The number of methoxy groups -OCH3 is 1. The molecule has 1 fully saturated rings. The number of rotatable bonds is 6. The fraction of sp³-hybridized carbons (Fsp3) is 0.391. The third-order valence-corrected chi connectivity index (χ3v) is 5.56. The van der Waals surface area contributed by atoms with Crippen LogP contribution in [-0.4, -0.2) is 36.9 Å². The summed E-state index contributed by atoms with van der Waals surface area (Å²) in [5.74, 6) is 0.686. The Bertz CT molecular complexity index is 821. The molecule has 0 bridgehead atoms. The number of carbonyl (C=O) groups excluding carboxylic acids is 2. The Balaban J connectivity index is 1.60. The van der Waals surface area contributed by atoms with Gasteiger partial charge in [-0.1, -0.05) is 36.6 Å². The van der Waals surface area contributed by atoms with Gasteiger partial charge in [-0.05, 0) is 54.8 Å². The van der Waals surface area contributed by atoms with Crippen LogP contribution < -0.4 is 10.1 Å². The number of halogens is 1. The number of likely N-dealkylation sites (tertiary alicyclic amines) is 1. The summed E-state index contributed by atoms with van der Waals surface area (Å²) in [6.45, 7) is 1.06. The predicted octanol–water partition coefficient (Wildman–Crippen LogP) is 4.61. The van der Waals surface area contributed by atoms with E-state index in [0.717, 1.165) is 43.5 Å². The maximum absolute atomic E-state index is 13.0. The highest BCUT2D eigenvalue weighted by Crippen LogP contribution is 2.31. The van der Waals surface area contributed by atoms with Crippen LogP contribution >= 0.6 is 11.6 Å². The van der Waals surface area contributed by atoms with Crippen LogP contribution in [0.15, 0.2) is 48.5 Å². The van der Waals surface area contributed by atoms with Crippen LogP contribution in [0.5, 0.6) is 5.75 Å². The molecule has 0 spiro atoms. The second-order valence-electron chi connectivity index (χ2n) is 7.24. The topological polar surface area (TPSA) is 58.6 Å². The number of amides is 2. The van der Waals surface area contributed by atoms with Gasteiger partial charge in [0.05, 0.1) is 13.2 Å². The van der Waals surface area contributed by atoms with Crippen molar-refractivity contribution in [1.29, 1.82) is 0 Å². The average molecular weight is 415 g/mol. The standard InChI is InChI=1S/C23H27ClN2O3/c1-29-20-12-8-17(9-13-20)21-5-3-2-4-16-26(21)22(27)14-15-25-23(28)18-6-10-19(24)11-7-18/h6-13,21H,2-5,14-16H2,1H3,(H,25,28)/t21-/m0/s1. The molecule has 2 aromatic carbocycles. The van der Waals surface area contributed by atoms with Crippen molar-refractivity contribution in [2.45, 2.75) is 38.1 Å². The van der Waals surface area contributed by atoms with E-state index in [2.05, 4.69) is 5.32 Å². The molecule has 2 aromatic rings. The lowest BCUT2D eigenvalue weighted by atomic mass is 10.0. The van der Waals surface area contributed by atoms with Gasteiger partial charge in [0.2, 0.25) is 5.91 Å². The lowest BCUT2D eigenvalue weighted by Crippen LogP contribution is -2.37. The first-order valence-corrected chi connectivity index (χ1v) is 10.4. The summed E-state index contributed by atoms with van der Waals surface area (Å²) in [4.78, 5) is 27.2. The van der Waals surface area contributed by atoms with E-state index < -0.39 is 0 Å². The van der Waals surface area contributed by atoms with Crippen molar-refractivity contribution in [2.75, 3.05) is 20.2 Å². The SMILES string of the molecule is COc1ccc([C@@H]2CCCCCN2C(=O)CCNC(=O)c2ccc(Cl)cc2)cc1. The zero-order valence-corrected chi connectivity index (χ0v) is 17.5. The average Bonchev–Trinajstić information content (AvgIpc) is 3.00. The third kappa shape index (κ3) is 5.73. The minimum Gasteiger partial charge on any atom is -0.497 e. The second kappa shape index (κ2) is 10.3. The highest BCUT2D eigenvalue weighted by molar-refractivity contribution is 6.30. The van der Waals surface area contributed by atoms with Crippen LogP contribution in [-0.2, 0) is 4.79 Å². The predicted molar refractivity (Wildman–Crippen MR) is 114 cm³/mol. The zero-order chi connectivity index (χ0) is 20.6. The number of ether oxygens (including phenoxy) is 1. The van der Waals surface area contributed by atoms with Crippen LogP contribution in [0, 0.1) is 0 Å². The quantitative estimate of drug-likeness (QED) is 0.750. The summed E-state index contributed by atoms with van der Waals surface area (Å²) >= 11 is 5.85. The molecule has 1 N–H and O–H groups in total. The summed E-state index contributed by atoms with van der Waals surface area (Å²) in [6, 6.07) is 14.7. The lowest BCUT2D eigenvalue weighted by molar-refractivity contribution is -0.133. The fourth-order valence-corrected chi connectivity index (χ4v) is 3.84. The molecule has 1 saturated heterocycles. The summed E-state index contributed by atoms with van der Waals surface area (Å²) < 4.78 is 5.25. The number of nitrogens with one attached hydrogen (secondary N) is 1. The van der Waals surface area contributed by atoms with Crippen molar-refractivity contribution < 1.29 is 14.3 Å². The normalized spacial score (nSPS) is 16.8. The van der Waals surface area contributed by atoms with Crippen molar-refractivity contribution >= 4 is 23.4 Å². The fourth-order valence-electron chi connectivity index (χ4n) is 3.71. The number of carbonyl (C=O) groups is 2. The van der Waals surface area contributed by atoms with E-state index in [4.69, 9.17) is 16.3 Å². The van der Waals surface area contributed by atoms with Gasteiger partial charge in [-0.15, -0.1) is 0 Å². The zero-order valence-electron chi connectivity index (χ0n) is 16.7. The molecule has 1 aliphatic heterocycles. The minimum atomic E-state index is -0.197. The van der Waals surface area contributed by atoms with E-state index in [1.807, 2.05) is 29.2 Å². The minimum absolute atomic E-state index is 0.0721. The van der Waals surface area contributed by atoms with Gasteiger partial charge in [0.1, 0.15) is 5.75 Å². The maximum atomic E-state index is 13.0. The molecule has 0 aromatic heterocycles. The number of hydrogen-bond acceptors (Lipinski definition) is 3. The summed E-state index contributed by atoms with van der Waals surface area (Å²) in [7, 11) is 1.65. The number of hydrogen-bond donors (Lipinski definition) is 1. The van der Waals surface area contributed by atoms with Crippen molar-refractivity contribution in [3.05, 3.63) is 64.7 Å². The van der Waals surface area contributed by atoms with E-state index in [1.54, 1.807) is 31.4 Å². The third-order valence-electron chi connectivity index (χ3n) is 5.30. The van der Waals surface area contributed by atoms with Crippen molar-refractivity contribution in [3.8, 4) is 5.75 Å². The van der Waals surface area contributed by atoms with Gasteiger partial charge < -0.3 is 15.0 Å². The highest BCUT2D eigenvalue weighted by atomic mass is 35.5. The van der Waals surface area contributed by atoms with Crippen molar-refractivity contribution in [3.63, 3.8) is 0 Å². The Morgan fingerprint density at radius 2 is 1.79 bits per heavy atom. The molecule has 2 amide bonds. The first kappa shape index (κ1) is 21.2.